The van der Waals surface area contributed by atoms with E-state index >= 15 is 0 Å². The average molecular weight is 642 g/mol. The fraction of sp³-hybridized carbons (Fsp3) is 0.0612. The Morgan fingerprint density at radius 2 is 0.920 bits per heavy atom. The van der Waals surface area contributed by atoms with Gasteiger partial charge in [0.15, 0.2) is 0 Å². The highest BCUT2D eigenvalue weighted by Crippen LogP contribution is 2.60. The van der Waals surface area contributed by atoms with Gasteiger partial charge in [0.05, 0.1) is 11.1 Å². The molecule has 1 aliphatic carbocycles. The molecule has 240 valence electrons. The number of allylic oxidation sites excluding steroid dienone is 4. The van der Waals surface area contributed by atoms with Crippen LogP contribution in [0.25, 0.3) is 27.8 Å². The molecule has 0 atom stereocenters. The third-order valence-electron chi connectivity index (χ3n) is 10.1. The van der Waals surface area contributed by atoms with Gasteiger partial charge in [-0.05, 0) is 94.3 Å². The predicted molar refractivity (Wildman–Crippen MR) is 212 cm³/mol. The summed E-state index contributed by atoms with van der Waals surface area (Å²) in [5.74, 6) is 0. The van der Waals surface area contributed by atoms with Crippen LogP contribution in [0, 0.1) is 0 Å². The van der Waals surface area contributed by atoms with E-state index in [1.807, 2.05) is 0 Å². The van der Waals surface area contributed by atoms with E-state index < -0.39 is 5.41 Å². The Labute approximate surface area is 296 Å². The summed E-state index contributed by atoms with van der Waals surface area (Å²) >= 11 is 0. The van der Waals surface area contributed by atoms with Crippen LogP contribution >= 0.6 is 0 Å². The maximum atomic E-state index is 2.45. The van der Waals surface area contributed by atoms with Crippen molar-refractivity contribution in [1.29, 1.82) is 0 Å². The molecule has 1 nitrogen and oxygen atoms in total. The van der Waals surface area contributed by atoms with E-state index in [1.54, 1.807) is 0 Å². The lowest BCUT2D eigenvalue weighted by molar-refractivity contribution is 0.767. The van der Waals surface area contributed by atoms with Crippen LogP contribution in [0.2, 0.25) is 0 Å². The summed E-state index contributed by atoms with van der Waals surface area (Å²) in [5, 5.41) is 0. The number of fused-ring (bicyclic) bond motifs is 1. The molecule has 0 fully saturated rings. The van der Waals surface area contributed by atoms with E-state index in [1.165, 1.54) is 55.7 Å². The Morgan fingerprint density at radius 1 is 0.420 bits per heavy atom. The summed E-state index contributed by atoms with van der Waals surface area (Å²) in [6.45, 7) is 4.37. The van der Waals surface area contributed by atoms with Crippen molar-refractivity contribution in [3.8, 4) is 22.3 Å². The van der Waals surface area contributed by atoms with Crippen LogP contribution in [-0.4, -0.2) is 0 Å². The fourth-order valence-electron chi connectivity index (χ4n) is 7.96. The molecule has 1 heteroatoms. The van der Waals surface area contributed by atoms with Gasteiger partial charge in [-0.3, -0.25) is 0 Å². The van der Waals surface area contributed by atoms with E-state index in [2.05, 4.69) is 219 Å². The summed E-state index contributed by atoms with van der Waals surface area (Å²) in [4.78, 5) is 2.45. The molecule has 0 saturated heterocycles. The molecule has 0 radical (unpaired) electrons. The summed E-state index contributed by atoms with van der Waals surface area (Å²) in [5.41, 5.74) is 15.3. The Hall–Kier alpha value is -6.18. The Bertz CT molecular complexity index is 2260. The van der Waals surface area contributed by atoms with E-state index in [-0.39, 0.29) is 0 Å². The fourth-order valence-corrected chi connectivity index (χ4v) is 7.96. The van der Waals surface area contributed by atoms with Crippen molar-refractivity contribution < 1.29 is 0 Å². The van der Waals surface area contributed by atoms with Crippen LogP contribution in [0.4, 0.5) is 17.1 Å². The van der Waals surface area contributed by atoms with Crippen molar-refractivity contribution in [2.24, 2.45) is 0 Å². The van der Waals surface area contributed by atoms with E-state index in [9.17, 15) is 0 Å². The van der Waals surface area contributed by atoms with Gasteiger partial charge in [-0.25, -0.2) is 0 Å². The Kier molecular flexibility index (Phi) is 8.32. The third-order valence-corrected chi connectivity index (χ3v) is 10.1. The lowest BCUT2D eigenvalue weighted by Crippen LogP contribution is -2.28. The lowest BCUT2D eigenvalue weighted by atomic mass is 9.67. The SMILES string of the molecule is CC=C1/C(=C\C)C(c2ccccc2)(c2ccccc2)c2cccc(N(c3ccc(-c4ccccc4)cc3)c3cccc(-c4ccccc4)c3)c21. The molecule has 0 aromatic heterocycles. The van der Waals surface area contributed by atoms with Gasteiger partial charge >= 0.3 is 0 Å². The first-order valence-electron chi connectivity index (χ1n) is 17.4. The molecular formula is C49H39N. The standard InChI is InChI=1S/C49H39N/c1-3-44-45(4-2)49(40-24-13-7-14-25-40,41-26-15-8-16-27-41)46-29-18-30-47(48(44)46)50(42-33-31-38(32-34-42)36-19-9-5-10-20-36)43-28-17-23-39(35-43)37-21-11-6-12-22-37/h3-35H,1-2H3/b44-3?,45-4+. The quantitative estimate of drug-likeness (QED) is 0.167. The second-order valence-corrected chi connectivity index (χ2v) is 12.8. The number of hydrogen-bond donors (Lipinski definition) is 0. The molecule has 1 aliphatic rings. The maximum absolute atomic E-state index is 2.45. The summed E-state index contributed by atoms with van der Waals surface area (Å²) < 4.78 is 0. The average Bonchev–Trinajstić information content (AvgIpc) is 3.51. The first-order chi connectivity index (χ1) is 24.7. The minimum Gasteiger partial charge on any atom is -0.310 e. The van der Waals surface area contributed by atoms with Crippen LogP contribution in [0.5, 0.6) is 0 Å². The van der Waals surface area contributed by atoms with Crippen molar-refractivity contribution in [3.05, 3.63) is 228 Å². The van der Waals surface area contributed by atoms with Gasteiger partial charge in [-0.1, -0.05) is 170 Å². The van der Waals surface area contributed by atoms with Crippen LogP contribution in [0.15, 0.2) is 206 Å². The molecule has 0 amide bonds. The van der Waals surface area contributed by atoms with Gasteiger partial charge < -0.3 is 4.90 Å². The van der Waals surface area contributed by atoms with Crippen molar-refractivity contribution in [1.82, 2.24) is 0 Å². The Balaban J connectivity index is 1.41. The van der Waals surface area contributed by atoms with Crippen molar-refractivity contribution >= 4 is 22.6 Å². The molecule has 50 heavy (non-hydrogen) atoms. The number of nitrogens with zero attached hydrogens (tertiary/aromatic N) is 1. The van der Waals surface area contributed by atoms with Crippen LogP contribution in [0.1, 0.15) is 36.1 Å². The van der Waals surface area contributed by atoms with Crippen LogP contribution in [0.3, 0.4) is 0 Å². The van der Waals surface area contributed by atoms with Gasteiger partial charge in [0.1, 0.15) is 0 Å². The molecule has 0 unspecified atom stereocenters. The molecular weight excluding hydrogens is 603 g/mol. The van der Waals surface area contributed by atoms with Gasteiger partial charge in [0.25, 0.3) is 0 Å². The van der Waals surface area contributed by atoms with Gasteiger partial charge in [-0.15, -0.1) is 0 Å². The number of rotatable bonds is 7. The largest absolute Gasteiger partial charge is 0.310 e. The van der Waals surface area contributed by atoms with Crippen molar-refractivity contribution in [2.45, 2.75) is 19.3 Å². The van der Waals surface area contributed by atoms with Gasteiger partial charge in [0, 0.05) is 16.9 Å². The van der Waals surface area contributed by atoms with Crippen LogP contribution in [-0.2, 0) is 5.41 Å². The molecule has 0 spiro atoms. The lowest BCUT2D eigenvalue weighted by Gasteiger charge is -2.34. The van der Waals surface area contributed by atoms with Gasteiger partial charge in [-0.2, -0.15) is 0 Å². The molecule has 0 N–H and O–H groups in total. The first-order valence-corrected chi connectivity index (χ1v) is 17.4. The monoisotopic (exact) mass is 641 g/mol. The minimum absolute atomic E-state index is 0.473. The van der Waals surface area contributed by atoms with E-state index in [0.717, 1.165) is 17.1 Å². The summed E-state index contributed by atoms with van der Waals surface area (Å²) in [7, 11) is 0. The minimum atomic E-state index is -0.473. The van der Waals surface area contributed by atoms with Gasteiger partial charge in [0.2, 0.25) is 0 Å². The maximum Gasteiger partial charge on any atom is 0.0711 e. The zero-order valence-corrected chi connectivity index (χ0v) is 28.5. The third kappa shape index (κ3) is 5.19. The predicted octanol–water partition coefficient (Wildman–Crippen LogP) is 13.2. The zero-order valence-electron chi connectivity index (χ0n) is 28.5. The van der Waals surface area contributed by atoms with Crippen molar-refractivity contribution in [3.63, 3.8) is 0 Å². The highest BCUT2D eigenvalue weighted by molar-refractivity contribution is 6.01. The summed E-state index contributed by atoms with van der Waals surface area (Å²) in [6, 6.07) is 68.1. The molecule has 7 aromatic carbocycles. The Morgan fingerprint density at radius 3 is 1.48 bits per heavy atom. The van der Waals surface area contributed by atoms with E-state index in [0.29, 0.717) is 0 Å². The van der Waals surface area contributed by atoms with E-state index in [4.69, 9.17) is 0 Å². The normalized spacial score (nSPS) is 14.8. The molecule has 0 bridgehead atoms. The smallest absolute Gasteiger partial charge is 0.0711 e. The molecule has 0 saturated carbocycles. The van der Waals surface area contributed by atoms with Crippen molar-refractivity contribution in [2.75, 3.05) is 4.90 Å². The molecule has 0 heterocycles. The topological polar surface area (TPSA) is 3.24 Å². The number of anilines is 3. The highest BCUT2D eigenvalue weighted by atomic mass is 15.1. The number of benzene rings is 7. The second-order valence-electron chi connectivity index (χ2n) is 12.8. The second kappa shape index (κ2) is 13.4. The molecule has 8 rings (SSSR count). The summed E-state index contributed by atoms with van der Waals surface area (Å²) in [6.07, 6.45) is 4.64. The highest BCUT2D eigenvalue weighted by Gasteiger charge is 2.49. The molecule has 7 aromatic rings. The molecule has 0 aliphatic heterocycles. The van der Waals surface area contributed by atoms with Crippen LogP contribution < -0.4 is 4.90 Å². The number of hydrogen-bond acceptors (Lipinski definition) is 1. The zero-order chi connectivity index (χ0) is 33.9. The first kappa shape index (κ1) is 31.1.